The summed E-state index contributed by atoms with van der Waals surface area (Å²) in [5.74, 6) is 0. The molecule has 118 valence electrons. The summed E-state index contributed by atoms with van der Waals surface area (Å²) in [6.07, 6.45) is 3.48. The summed E-state index contributed by atoms with van der Waals surface area (Å²) in [4.78, 5) is 8.88. The molecule has 0 amide bonds. The summed E-state index contributed by atoms with van der Waals surface area (Å²) in [5.41, 5.74) is 6.26. The Bertz CT molecular complexity index is 1010. The first-order chi connectivity index (χ1) is 11.5. The van der Waals surface area contributed by atoms with Crippen molar-refractivity contribution in [1.82, 2.24) is 9.97 Å². The maximum absolute atomic E-state index is 6.37. The van der Waals surface area contributed by atoms with Gasteiger partial charge in [0, 0.05) is 23.2 Å². The summed E-state index contributed by atoms with van der Waals surface area (Å²) in [6, 6.07) is 12.1. The van der Waals surface area contributed by atoms with Gasteiger partial charge in [-0.05, 0) is 72.5 Å². The van der Waals surface area contributed by atoms with Crippen LogP contribution in [0.15, 0.2) is 48.8 Å². The maximum atomic E-state index is 6.37. The SMILES string of the molecule is Cc1cc(-c2cc(C)c3nccc(Cl)c3c2)cc2c(Cl)ccnc12. The van der Waals surface area contributed by atoms with E-state index in [-0.39, 0.29) is 0 Å². The molecule has 0 spiro atoms. The number of nitrogens with zero attached hydrogens (tertiary/aromatic N) is 2. The van der Waals surface area contributed by atoms with Crippen LogP contribution in [0.3, 0.4) is 0 Å². The molecule has 0 saturated heterocycles. The second-order valence-electron chi connectivity index (χ2n) is 5.96. The molecule has 2 nitrogen and oxygen atoms in total. The second-order valence-corrected chi connectivity index (χ2v) is 6.78. The Morgan fingerprint density at radius 1 is 0.667 bits per heavy atom. The maximum Gasteiger partial charge on any atom is 0.0746 e. The fourth-order valence-electron chi connectivity index (χ4n) is 3.13. The number of halogens is 2. The fraction of sp³-hybridized carbons (Fsp3) is 0.100. The molecule has 2 aromatic carbocycles. The average Bonchev–Trinajstić information content (AvgIpc) is 2.56. The van der Waals surface area contributed by atoms with Crippen LogP contribution in [0, 0.1) is 13.8 Å². The first kappa shape index (κ1) is 15.4. The van der Waals surface area contributed by atoms with Crippen LogP contribution in [-0.4, -0.2) is 9.97 Å². The minimum absolute atomic E-state index is 0.710. The highest BCUT2D eigenvalue weighted by Crippen LogP contribution is 2.34. The van der Waals surface area contributed by atoms with Crippen LogP contribution in [-0.2, 0) is 0 Å². The van der Waals surface area contributed by atoms with Crippen LogP contribution in [0.5, 0.6) is 0 Å². The van der Waals surface area contributed by atoms with E-state index in [1.807, 2.05) is 12.1 Å². The van der Waals surface area contributed by atoms with Crippen molar-refractivity contribution in [2.24, 2.45) is 0 Å². The van der Waals surface area contributed by atoms with Gasteiger partial charge in [0.2, 0.25) is 0 Å². The molecule has 4 heteroatoms. The molecule has 0 radical (unpaired) electrons. The highest BCUT2D eigenvalue weighted by molar-refractivity contribution is 6.36. The monoisotopic (exact) mass is 352 g/mol. The number of hydrogen-bond acceptors (Lipinski definition) is 2. The highest BCUT2D eigenvalue weighted by atomic mass is 35.5. The first-order valence-corrected chi connectivity index (χ1v) is 8.40. The summed E-state index contributed by atoms with van der Waals surface area (Å²) in [5, 5.41) is 3.35. The van der Waals surface area contributed by atoms with E-state index in [4.69, 9.17) is 23.2 Å². The highest BCUT2D eigenvalue weighted by Gasteiger charge is 2.10. The van der Waals surface area contributed by atoms with Crippen molar-refractivity contribution in [3.8, 4) is 11.1 Å². The van der Waals surface area contributed by atoms with Crippen molar-refractivity contribution >= 4 is 45.0 Å². The molecule has 2 aromatic heterocycles. The van der Waals surface area contributed by atoms with Gasteiger partial charge in [-0.25, -0.2) is 0 Å². The van der Waals surface area contributed by atoms with Gasteiger partial charge in [0.05, 0.1) is 21.1 Å². The Morgan fingerprint density at radius 3 is 1.50 bits per heavy atom. The van der Waals surface area contributed by atoms with Crippen molar-refractivity contribution in [1.29, 1.82) is 0 Å². The molecule has 4 rings (SSSR count). The quantitative estimate of drug-likeness (QED) is 0.397. The molecule has 0 saturated carbocycles. The van der Waals surface area contributed by atoms with Gasteiger partial charge in [0.15, 0.2) is 0 Å². The van der Waals surface area contributed by atoms with Gasteiger partial charge in [-0.2, -0.15) is 0 Å². The van der Waals surface area contributed by atoms with Crippen molar-refractivity contribution < 1.29 is 0 Å². The predicted molar refractivity (Wildman–Crippen MR) is 102 cm³/mol. The number of aryl methyl sites for hydroxylation is 2. The second kappa shape index (κ2) is 5.73. The lowest BCUT2D eigenvalue weighted by atomic mass is 9.97. The van der Waals surface area contributed by atoms with Crippen LogP contribution in [0.1, 0.15) is 11.1 Å². The minimum Gasteiger partial charge on any atom is -0.256 e. The molecule has 0 aliphatic rings. The number of hydrogen-bond donors (Lipinski definition) is 0. The van der Waals surface area contributed by atoms with E-state index in [1.54, 1.807) is 12.4 Å². The van der Waals surface area contributed by atoms with Gasteiger partial charge < -0.3 is 0 Å². The molecule has 0 N–H and O–H groups in total. The molecule has 0 bridgehead atoms. The number of fused-ring (bicyclic) bond motifs is 2. The number of aromatic nitrogens is 2. The molecular weight excluding hydrogens is 339 g/mol. The number of rotatable bonds is 1. The largest absolute Gasteiger partial charge is 0.256 e. The molecule has 24 heavy (non-hydrogen) atoms. The summed E-state index contributed by atoms with van der Waals surface area (Å²) in [6.45, 7) is 4.11. The third kappa shape index (κ3) is 2.43. The average molecular weight is 353 g/mol. The molecule has 2 heterocycles. The smallest absolute Gasteiger partial charge is 0.0746 e. The number of benzene rings is 2. The van der Waals surface area contributed by atoms with Gasteiger partial charge in [-0.1, -0.05) is 23.2 Å². The zero-order valence-corrected chi connectivity index (χ0v) is 14.8. The van der Waals surface area contributed by atoms with Crippen LogP contribution >= 0.6 is 23.2 Å². The fourth-order valence-corrected chi connectivity index (χ4v) is 3.53. The lowest BCUT2D eigenvalue weighted by Gasteiger charge is -2.11. The Morgan fingerprint density at radius 2 is 1.08 bits per heavy atom. The van der Waals surface area contributed by atoms with Gasteiger partial charge in [0.25, 0.3) is 0 Å². The number of pyridine rings is 2. The van der Waals surface area contributed by atoms with Crippen LogP contribution < -0.4 is 0 Å². The minimum atomic E-state index is 0.710. The topological polar surface area (TPSA) is 25.8 Å². The molecule has 0 aliphatic carbocycles. The lowest BCUT2D eigenvalue weighted by molar-refractivity contribution is 1.36. The van der Waals surface area contributed by atoms with Gasteiger partial charge >= 0.3 is 0 Å². The Kier molecular flexibility index (Phi) is 3.67. The molecule has 4 aromatic rings. The molecule has 0 atom stereocenters. The molecular formula is C20H14Cl2N2. The van der Waals surface area contributed by atoms with E-state index < -0.39 is 0 Å². The predicted octanol–water partition coefficient (Wildman–Crippen LogP) is 6.37. The van der Waals surface area contributed by atoms with E-state index in [9.17, 15) is 0 Å². The van der Waals surface area contributed by atoms with Crippen LogP contribution in [0.2, 0.25) is 10.0 Å². The third-order valence-corrected chi connectivity index (χ3v) is 4.96. The summed E-state index contributed by atoms with van der Waals surface area (Å²) >= 11 is 12.7. The Labute approximate surface area is 150 Å². The molecule has 0 unspecified atom stereocenters. The molecule has 0 aliphatic heterocycles. The van der Waals surface area contributed by atoms with E-state index in [0.717, 1.165) is 44.1 Å². The van der Waals surface area contributed by atoms with Crippen molar-refractivity contribution in [3.63, 3.8) is 0 Å². The summed E-state index contributed by atoms with van der Waals surface area (Å²) < 4.78 is 0. The van der Waals surface area contributed by atoms with Crippen LogP contribution in [0.4, 0.5) is 0 Å². The molecule has 0 fully saturated rings. The first-order valence-electron chi connectivity index (χ1n) is 7.64. The summed E-state index contributed by atoms with van der Waals surface area (Å²) in [7, 11) is 0. The normalized spacial score (nSPS) is 11.3. The van der Waals surface area contributed by atoms with Crippen molar-refractivity contribution in [3.05, 3.63) is 70.0 Å². The van der Waals surface area contributed by atoms with Crippen LogP contribution in [0.25, 0.3) is 32.9 Å². The van der Waals surface area contributed by atoms with E-state index in [1.165, 1.54) is 0 Å². The zero-order valence-electron chi connectivity index (χ0n) is 13.3. The van der Waals surface area contributed by atoms with E-state index in [0.29, 0.717) is 10.0 Å². The third-order valence-electron chi connectivity index (χ3n) is 4.30. The Hall–Kier alpha value is -2.16. The van der Waals surface area contributed by atoms with Crippen molar-refractivity contribution in [2.75, 3.05) is 0 Å². The van der Waals surface area contributed by atoms with Gasteiger partial charge in [0.1, 0.15) is 0 Å². The van der Waals surface area contributed by atoms with Crippen molar-refractivity contribution in [2.45, 2.75) is 13.8 Å². The van der Waals surface area contributed by atoms with Gasteiger partial charge in [-0.15, -0.1) is 0 Å². The lowest BCUT2D eigenvalue weighted by Crippen LogP contribution is -1.90. The zero-order chi connectivity index (χ0) is 16.8. The van der Waals surface area contributed by atoms with E-state index >= 15 is 0 Å². The Balaban J connectivity index is 2.03. The van der Waals surface area contributed by atoms with E-state index in [2.05, 4.69) is 48.1 Å². The van der Waals surface area contributed by atoms with Gasteiger partial charge in [-0.3, -0.25) is 9.97 Å². The standard InChI is InChI=1S/C20H14Cl2N2/c1-11-7-13(9-15-17(21)3-5-23-19(11)15)14-8-12(2)20-16(10-14)18(22)4-6-24-20/h3-10H,1-2H3.